The van der Waals surface area contributed by atoms with Crippen molar-refractivity contribution in [1.29, 1.82) is 0 Å². The van der Waals surface area contributed by atoms with Gasteiger partial charge in [-0.1, -0.05) is 17.7 Å². The summed E-state index contributed by atoms with van der Waals surface area (Å²) in [5, 5.41) is 3.42. The Morgan fingerprint density at radius 1 is 1.20 bits per heavy atom. The van der Waals surface area contributed by atoms with Gasteiger partial charge in [0, 0.05) is 48.8 Å². The molecule has 2 aromatic rings. The van der Waals surface area contributed by atoms with Crippen LogP contribution in [0.3, 0.4) is 0 Å². The standard InChI is InChI=1S/C18H19ClN4O2/c1-13-2-3-14(19)10-16(13)21-18(25)17-11-15(4-5-20-17)23-8-6-22(12-24)7-9-23/h2-5,10-12H,6-9H2,1H3,(H,21,25). The lowest BCUT2D eigenvalue weighted by atomic mass is 10.2. The summed E-state index contributed by atoms with van der Waals surface area (Å²) in [5.74, 6) is -0.279. The second-order valence-electron chi connectivity index (χ2n) is 5.94. The van der Waals surface area contributed by atoms with Gasteiger partial charge < -0.3 is 15.1 Å². The molecule has 130 valence electrons. The highest BCUT2D eigenvalue weighted by Gasteiger charge is 2.17. The van der Waals surface area contributed by atoms with Crippen LogP contribution in [-0.4, -0.2) is 48.4 Å². The Morgan fingerprint density at radius 3 is 2.68 bits per heavy atom. The van der Waals surface area contributed by atoms with Gasteiger partial charge >= 0.3 is 0 Å². The van der Waals surface area contributed by atoms with E-state index in [4.69, 9.17) is 11.6 Å². The number of halogens is 1. The number of aromatic nitrogens is 1. The molecule has 1 N–H and O–H groups in total. The van der Waals surface area contributed by atoms with Crippen LogP contribution in [0.1, 0.15) is 16.1 Å². The zero-order chi connectivity index (χ0) is 17.8. The molecule has 25 heavy (non-hydrogen) atoms. The number of hydrogen-bond acceptors (Lipinski definition) is 4. The maximum absolute atomic E-state index is 12.5. The number of piperazine rings is 1. The monoisotopic (exact) mass is 358 g/mol. The van der Waals surface area contributed by atoms with Gasteiger partial charge in [0.15, 0.2) is 0 Å². The van der Waals surface area contributed by atoms with E-state index in [2.05, 4.69) is 15.2 Å². The van der Waals surface area contributed by atoms with E-state index in [-0.39, 0.29) is 5.91 Å². The Balaban J connectivity index is 1.73. The van der Waals surface area contributed by atoms with Crippen LogP contribution in [0.15, 0.2) is 36.5 Å². The molecule has 1 aliphatic heterocycles. The molecule has 2 amide bonds. The topological polar surface area (TPSA) is 65.5 Å². The van der Waals surface area contributed by atoms with Crippen molar-refractivity contribution < 1.29 is 9.59 Å². The molecule has 1 fully saturated rings. The Kier molecular flexibility index (Phi) is 5.19. The zero-order valence-electron chi connectivity index (χ0n) is 13.9. The molecule has 1 aromatic heterocycles. The summed E-state index contributed by atoms with van der Waals surface area (Å²) in [5.41, 5.74) is 2.87. The normalized spacial score (nSPS) is 14.3. The fourth-order valence-corrected chi connectivity index (χ4v) is 2.91. The minimum atomic E-state index is -0.279. The van der Waals surface area contributed by atoms with E-state index in [9.17, 15) is 9.59 Å². The molecule has 0 aliphatic carbocycles. The van der Waals surface area contributed by atoms with Gasteiger partial charge in [0.2, 0.25) is 6.41 Å². The minimum Gasteiger partial charge on any atom is -0.368 e. The summed E-state index contributed by atoms with van der Waals surface area (Å²) in [4.78, 5) is 31.4. The van der Waals surface area contributed by atoms with Crippen LogP contribution in [0.5, 0.6) is 0 Å². The number of nitrogens with zero attached hydrogens (tertiary/aromatic N) is 3. The fraction of sp³-hybridized carbons (Fsp3) is 0.278. The lowest BCUT2D eigenvalue weighted by molar-refractivity contribution is -0.118. The SMILES string of the molecule is Cc1ccc(Cl)cc1NC(=O)c1cc(N2CCN(C=O)CC2)ccn1. The van der Waals surface area contributed by atoms with Crippen molar-refractivity contribution in [2.24, 2.45) is 0 Å². The van der Waals surface area contributed by atoms with Gasteiger partial charge in [-0.15, -0.1) is 0 Å². The summed E-state index contributed by atoms with van der Waals surface area (Å²) in [6.07, 6.45) is 2.50. The van der Waals surface area contributed by atoms with E-state index < -0.39 is 0 Å². The number of rotatable bonds is 4. The molecule has 0 saturated carbocycles. The molecule has 7 heteroatoms. The summed E-state index contributed by atoms with van der Waals surface area (Å²) >= 11 is 5.99. The smallest absolute Gasteiger partial charge is 0.274 e. The second kappa shape index (κ2) is 7.53. The average Bonchev–Trinajstić information content (AvgIpc) is 2.65. The zero-order valence-corrected chi connectivity index (χ0v) is 14.7. The van der Waals surface area contributed by atoms with Crippen LogP contribution in [-0.2, 0) is 4.79 Å². The van der Waals surface area contributed by atoms with Gasteiger partial charge in [-0.25, -0.2) is 0 Å². The molecule has 1 aromatic carbocycles. The third kappa shape index (κ3) is 4.09. The summed E-state index contributed by atoms with van der Waals surface area (Å²) in [6, 6.07) is 9.00. The molecule has 0 radical (unpaired) electrons. The first-order valence-corrected chi connectivity index (χ1v) is 8.42. The van der Waals surface area contributed by atoms with Crippen molar-refractivity contribution in [3.63, 3.8) is 0 Å². The second-order valence-corrected chi connectivity index (χ2v) is 6.38. The number of pyridine rings is 1. The van der Waals surface area contributed by atoms with Crippen molar-refractivity contribution in [1.82, 2.24) is 9.88 Å². The van der Waals surface area contributed by atoms with Crippen LogP contribution in [0.25, 0.3) is 0 Å². The van der Waals surface area contributed by atoms with Gasteiger partial charge in [0.1, 0.15) is 5.69 Å². The lowest BCUT2D eigenvalue weighted by Gasteiger charge is -2.34. The maximum Gasteiger partial charge on any atom is 0.274 e. The van der Waals surface area contributed by atoms with Crippen LogP contribution in [0.4, 0.5) is 11.4 Å². The van der Waals surface area contributed by atoms with Crippen LogP contribution < -0.4 is 10.2 Å². The number of aryl methyl sites for hydroxylation is 1. The highest BCUT2D eigenvalue weighted by Crippen LogP contribution is 2.22. The first-order chi connectivity index (χ1) is 12.1. The number of carbonyl (C=O) groups is 2. The van der Waals surface area contributed by atoms with Gasteiger partial charge in [0.25, 0.3) is 5.91 Å². The number of nitrogens with one attached hydrogen (secondary N) is 1. The summed E-state index contributed by atoms with van der Waals surface area (Å²) < 4.78 is 0. The van der Waals surface area contributed by atoms with E-state index in [0.717, 1.165) is 30.8 Å². The predicted molar refractivity (Wildman–Crippen MR) is 98.2 cm³/mol. The van der Waals surface area contributed by atoms with Gasteiger partial charge in [-0.2, -0.15) is 0 Å². The third-order valence-electron chi connectivity index (χ3n) is 4.25. The number of carbonyl (C=O) groups excluding carboxylic acids is 2. The molecule has 0 bridgehead atoms. The van der Waals surface area contributed by atoms with Gasteiger partial charge in [-0.05, 0) is 36.8 Å². The molecule has 2 heterocycles. The Bertz CT molecular complexity index is 788. The predicted octanol–water partition coefficient (Wildman–Crippen LogP) is 2.57. The Labute approximate surface area is 151 Å². The molecule has 1 saturated heterocycles. The Hall–Kier alpha value is -2.60. The molecule has 0 atom stereocenters. The van der Waals surface area contributed by atoms with E-state index in [0.29, 0.717) is 29.5 Å². The first-order valence-electron chi connectivity index (χ1n) is 8.04. The largest absolute Gasteiger partial charge is 0.368 e. The number of anilines is 2. The van der Waals surface area contributed by atoms with E-state index in [1.807, 2.05) is 19.1 Å². The minimum absolute atomic E-state index is 0.279. The van der Waals surface area contributed by atoms with Crippen molar-refractivity contribution >= 4 is 35.3 Å². The number of amides is 2. The summed E-state index contributed by atoms with van der Waals surface area (Å²) in [7, 11) is 0. The van der Waals surface area contributed by atoms with Crippen molar-refractivity contribution in [3.05, 3.63) is 52.8 Å². The van der Waals surface area contributed by atoms with Crippen molar-refractivity contribution in [3.8, 4) is 0 Å². The van der Waals surface area contributed by atoms with Crippen LogP contribution >= 0.6 is 11.6 Å². The quantitative estimate of drug-likeness (QED) is 0.853. The molecule has 1 aliphatic rings. The van der Waals surface area contributed by atoms with E-state index in [1.54, 1.807) is 29.3 Å². The molecule has 6 nitrogen and oxygen atoms in total. The molecule has 0 unspecified atom stereocenters. The van der Waals surface area contributed by atoms with Crippen LogP contribution in [0, 0.1) is 6.92 Å². The van der Waals surface area contributed by atoms with E-state index >= 15 is 0 Å². The van der Waals surface area contributed by atoms with E-state index in [1.165, 1.54) is 0 Å². The Morgan fingerprint density at radius 2 is 1.96 bits per heavy atom. The highest BCUT2D eigenvalue weighted by atomic mass is 35.5. The van der Waals surface area contributed by atoms with Crippen LogP contribution in [0.2, 0.25) is 5.02 Å². The van der Waals surface area contributed by atoms with Gasteiger partial charge in [-0.3, -0.25) is 14.6 Å². The third-order valence-corrected chi connectivity index (χ3v) is 4.49. The summed E-state index contributed by atoms with van der Waals surface area (Å²) in [6.45, 7) is 4.72. The van der Waals surface area contributed by atoms with Crippen molar-refractivity contribution in [2.75, 3.05) is 36.4 Å². The highest BCUT2D eigenvalue weighted by molar-refractivity contribution is 6.31. The van der Waals surface area contributed by atoms with Crippen molar-refractivity contribution in [2.45, 2.75) is 6.92 Å². The number of benzene rings is 1. The molecular weight excluding hydrogens is 340 g/mol. The van der Waals surface area contributed by atoms with Gasteiger partial charge in [0.05, 0.1) is 0 Å². The first kappa shape index (κ1) is 17.2. The lowest BCUT2D eigenvalue weighted by Crippen LogP contribution is -2.45. The maximum atomic E-state index is 12.5. The average molecular weight is 359 g/mol. The number of hydrogen-bond donors (Lipinski definition) is 1. The molecule has 0 spiro atoms. The molecular formula is C18H19ClN4O2. The fourth-order valence-electron chi connectivity index (χ4n) is 2.74. The molecule has 3 rings (SSSR count).